The van der Waals surface area contributed by atoms with Crippen molar-refractivity contribution < 1.29 is 4.74 Å². The van der Waals surface area contributed by atoms with Gasteiger partial charge in [-0.1, -0.05) is 17.7 Å². The lowest BCUT2D eigenvalue weighted by atomic mass is 10.1. The highest BCUT2D eigenvalue weighted by Crippen LogP contribution is 2.27. The average molecular weight is 312 g/mol. The summed E-state index contributed by atoms with van der Waals surface area (Å²) in [4.78, 5) is 6.36. The van der Waals surface area contributed by atoms with Gasteiger partial charge in [0.15, 0.2) is 0 Å². The van der Waals surface area contributed by atoms with E-state index in [1.54, 1.807) is 13.3 Å². The summed E-state index contributed by atoms with van der Waals surface area (Å²) in [5.74, 6) is 0.829. The molecule has 0 saturated heterocycles. The first kappa shape index (κ1) is 15.1. The van der Waals surface area contributed by atoms with Crippen LogP contribution in [0, 0.1) is 0 Å². The topological polar surface area (TPSA) is 37.4 Å². The molecule has 1 aromatic heterocycles. The molecular formula is C14H18ClN3OS. The molecule has 0 aliphatic heterocycles. The Morgan fingerprint density at radius 2 is 2.20 bits per heavy atom. The fraction of sp³-hybridized carbons (Fsp3) is 0.357. The number of hydrogen-bond acceptors (Lipinski definition) is 5. The van der Waals surface area contributed by atoms with Gasteiger partial charge in [0.25, 0.3) is 0 Å². The number of anilines is 1. The van der Waals surface area contributed by atoms with Crippen molar-refractivity contribution in [3.63, 3.8) is 0 Å². The zero-order valence-corrected chi connectivity index (χ0v) is 13.4. The first-order chi connectivity index (χ1) is 9.58. The zero-order chi connectivity index (χ0) is 14.5. The van der Waals surface area contributed by atoms with Crippen molar-refractivity contribution in [3.8, 4) is 5.75 Å². The summed E-state index contributed by atoms with van der Waals surface area (Å²) >= 11 is 7.36. The van der Waals surface area contributed by atoms with Crippen LogP contribution in [0.2, 0.25) is 4.34 Å². The maximum absolute atomic E-state index is 5.88. The van der Waals surface area contributed by atoms with E-state index in [2.05, 4.69) is 41.4 Å². The Labute approximate surface area is 128 Å². The summed E-state index contributed by atoms with van der Waals surface area (Å²) in [6.07, 6.45) is 1.67. The third-order valence-electron chi connectivity index (χ3n) is 2.72. The second kappa shape index (κ2) is 6.92. The van der Waals surface area contributed by atoms with Gasteiger partial charge in [0.1, 0.15) is 15.1 Å². The molecule has 0 unspecified atom stereocenters. The predicted octanol–water partition coefficient (Wildman–Crippen LogP) is 3.48. The second-order valence-corrected chi connectivity index (χ2v) is 6.43. The zero-order valence-electron chi connectivity index (χ0n) is 11.8. The van der Waals surface area contributed by atoms with E-state index in [0.717, 1.165) is 23.0 Å². The van der Waals surface area contributed by atoms with E-state index in [-0.39, 0.29) is 0 Å². The lowest BCUT2D eigenvalue weighted by Crippen LogP contribution is -2.11. The van der Waals surface area contributed by atoms with Crippen LogP contribution in [0.5, 0.6) is 5.75 Å². The van der Waals surface area contributed by atoms with Crippen LogP contribution in [-0.2, 0) is 13.1 Å². The van der Waals surface area contributed by atoms with Crippen LogP contribution in [0.1, 0.15) is 10.6 Å². The third-order valence-corrected chi connectivity index (χ3v) is 3.83. The highest BCUT2D eigenvalue weighted by atomic mass is 35.5. The fourth-order valence-electron chi connectivity index (χ4n) is 1.90. The molecule has 1 heterocycles. The number of aromatic nitrogens is 1. The number of ether oxygens (including phenoxy) is 1. The van der Waals surface area contributed by atoms with E-state index in [1.165, 1.54) is 16.9 Å². The van der Waals surface area contributed by atoms with Gasteiger partial charge in [-0.05, 0) is 31.8 Å². The number of thiazole rings is 1. The minimum absolute atomic E-state index is 0.638. The van der Waals surface area contributed by atoms with Gasteiger partial charge in [-0.15, -0.1) is 11.3 Å². The molecule has 1 aromatic carbocycles. The van der Waals surface area contributed by atoms with Crippen molar-refractivity contribution >= 4 is 28.6 Å². The van der Waals surface area contributed by atoms with Crippen LogP contribution in [-0.4, -0.2) is 31.1 Å². The number of halogens is 1. The summed E-state index contributed by atoms with van der Waals surface area (Å²) in [7, 11) is 5.77. The van der Waals surface area contributed by atoms with Crippen LogP contribution < -0.4 is 10.1 Å². The monoisotopic (exact) mass is 311 g/mol. The van der Waals surface area contributed by atoms with E-state index < -0.39 is 0 Å². The quantitative estimate of drug-likeness (QED) is 0.886. The molecule has 0 radical (unpaired) electrons. The molecule has 108 valence electrons. The molecule has 0 aliphatic carbocycles. The molecular weight excluding hydrogens is 294 g/mol. The van der Waals surface area contributed by atoms with Gasteiger partial charge in [-0.3, -0.25) is 0 Å². The van der Waals surface area contributed by atoms with Crippen LogP contribution in [0.4, 0.5) is 5.69 Å². The number of nitrogens with one attached hydrogen (secondary N) is 1. The summed E-state index contributed by atoms with van der Waals surface area (Å²) in [6, 6.07) is 6.16. The predicted molar refractivity (Wildman–Crippen MR) is 84.8 cm³/mol. The Hall–Kier alpha value is -1.30. The van der Waals surface area contributed by atoms with E-state index in [9.17, 15) is 0 Å². The van der Waals surface area contributed by atoms with Crippen LogP contribution >= 0.6 is 22.9 Å². The van der Waals surface area contributed by atoms with E-state index in [4.69, 9.17) is 16.3 Å². The normalized spacial score (nSPS) is 10.8. The van der Waals surface area contributed by atoms with E-state index >= 15 is 0 Å². The van der Waals surface area contributed by atoms with Crippen molar-refractivity contribution in [2.75, 3.05) is 26.5 Å². The average Bonchev–Trinajstić information content (AvgIpc) is 2.82. The summed E-state index contributed by atoms with van der Waals surface area (Å²) in [5.41, 5.74) is 2.20. The smallest absolute Gasteiger partial charge is 0.141 e. The summed E-state index contributed by atoms with van der Waals surface area (Å²) in [6.45, 7) is 1.53. The first-order valence-electron chi connectivity index (χ1n) is 6.24. The lowest BCUT2D eigenvalue weighted by Gasteiger charge is -2.14. The number of hydrogen-bond donors (Lipinski definition) is 1. The van der Waals surface area contributed by atoms with E-state index in [1.807, 2.05) is 6.07 Å². The number of nitrogens with zero attached hydrogens (tertiary/aromatic N) is 2. The Morgan fingerprint density at radius 3 is 2.80 bits per heavy atom. The molecule has 2 aromatic rings. The van der Waals surface area contributed by atoms with Crippen molar-refractivity contribution in [3.05, 3.63) is 39.3 Å². The van der Waals surface area contributed by atoms with Gasteiger partial charge in [-0.2, -0.15) is 0 Å². The molecule has 0 fully saturated rings. The molecule has 0 atom stereocenters. The van der Waals surface area contributed by atoms with Crippen molar-refractivity contribution in [2.24, 2.45) is 0 Å². The molecule has 0 saturated carbocycles. The molecule has 20 heavy (non-hydrogen) atoms. The van der Waals surface area contributed by atoms with Gasteiger partial charge in [-0.25, -0.2) is 4.98 Å². The Balaban J connectivity index is 2.11. The molecule has 6 heteroatoms. The van der Waals surface area contributed by atoms with Crippen LogP contribution in [0.25, 0.3) is 0 Å². The second-order valence-electron chi connectivity index (χ2n) is 4.68. The molecule has 0 amide bonds. The third kappa shape index (κ3) is 4.10. The number of rotatable bonds is 6. The number of methoxy groups -OCH3 is 1. The standard InChI is InChI=1S/C14H18ClN3OS/c1-18(2)9-10-4-5-12(19-3)11(6-10)16-8-14-17-7-13(15)20-14/h4-7,16H,8-9H2,1-3H3. The molecule has 1 N–H and O–H groups in total. The maximum atomic E-state index is 5.88. The van der Waals surface area contributed by atoms with E-state index in [0.29, 0.717) is 10.9 Å². The van der Waals surface area contributed by atoms with Gasteiger partial charge < -0.3 is 15.0 Å². The SMILES string of the molecule is COc1ccc(CN(C)C)cc1NCc1ncc(Cl)s1. The highest BCUT2D eigenvalue weighted by Gasteiger charge is 2.06. The molecule has 0 spiro atoms. The summed E-state index contributed by atoms with van der Waals surface area (Å²) < 4.78 is 6.08. The largest absolute Gasteiger partial charge is 0.495 e. The highest BCUT2D eigenvalue weighted by molar-refractivity contribution is 7.15. The Bertz CT molecular complexity index is 571. The minimum atomic E-state index is 0.638. The van der Waals surface area contributed by atoms with Crippen molar-refractivity contribution in [2.45, 2.75) is 13.1 Å². The Kier molecular flexibility index (Phi) is 5.23. The fourth-order valence-corrected chi connectivity index (χ4v) is 2.79. The van der Waals surface area contributed by atoms with Gasteiger partial charge in [0.05, 0.1) is 25.5 Å². The summed E-state index contributed by atoms with van der Waals surface area (Å²) in [5, 5.41) is 4.31. The first-order valence-corrected chi connectivity index (χ1v) is 7.43. The molecule has 0 bridgehead atoms. The van der Waals surface area contributed by atoms with Crippen molar-refractivity contribution in [1.29, 1.82) is 0 Å². The van der Waals surface area contributed by atoms with Crippen LogP contribution in [0.15, 0.2) is 24.4 Å². The van der Waals surface area contributed by atoms with Crippen molar-refractivity contribution in [1.82, 2.24) is 9.88 Å². The molecule has 2 rings (SSSR count). The maximum Gasteiger partial charge on any atom is 0.141 e. The minimum Gasteiger partial charge on any atom is -0.495 e. The van der Waals surface area contributed by atoms with Gasteiger partial charge in [0, 0.05) is 6.54 Å². The van der Waals surface area contributed by atoms with Gasteiger partial charge in [0.2, 0.25) is 0 Å². The number of benzene rings is 1. The Morgan fingerprint density at radius 1 is 1.40 bits per heavy atom. The molecule has 0 aliphatic rings. The lowest BCUT2D eigenvalue weighted by molar-refractivity contribution is 0.400. The molecule has 4 nitrogen and oxygen atoms in total. The van der Waals surface area contributed by atoms with Crippen LogP contribution in [0.3, 0.4) is 0 Å². The van der Waals surface area contributed by atoms with Gasteiger partial charge >= 0.3 is 0 Å².